The van der Waals surface area contributed by atoms with E-state index in [0.717, 1.165) is 15.7 Å². The molecule has 3 aromatic carbocycles. The maximum atomic E-state index is 13.2. The van der Waals surface area contributed by atoms with Gasteiger partial charge in [-0.2, -0.15) is 0 Å². The monoisotopic (exact) mass is 448 g/mol. The van der Waals surface area contributed by atoms with Gasteiger partial charge in [0.2, 0.25) is 0 Å². The highest BCUT2D eigenvalue weighted by Gasteiger charge is 2.11. The Morgan fingerprint density at radius 3 is 2.55 bits per heavy atom. The van der Waals surface area contributed by atoms with Gasteiger partial charge in [-0.05, 0) is 60.2 Å². The molecule has 0 fully saturated rings. The van der Waals surface area contributed by atoms with Gasteiger partial charge in [0.25, 0.3) is 5.56 Å². The summed E-state index contributed by atoms with van der Waals surface area (Å²) in [5.74, 6) is 0.951. The Morgan fingerprint density at radius 1 is 1.03 bits per heavy atom. The van der Waals surface area contributed by atoms with Gasteiger partial charge in [0.15, 0.2) is 11.5 Å². The summed E-state index contributed by atoms with van der Waals surface area (Å²) < 4.78 is 7.67. The van der Waals surface area contributed by atoms with Crippen molar-refractivity contribution in [2.75, 3.05) is 7.11 Å². The van der Waals surface area contributed by atoms with E-state index in [0.29, 0.717) is 22.5 Å². The fourth-order valence-electron chi connectivity index (χ4n) is 3.07. The van der Waals surface area contributed by atoms with Crippen LogP contribution in [0.15, 0.2) is 76.0 Å². The number of hydrogen-bond donors (Lipinski definition) is 1. The van der Waals surface area contributed by atoms with Crippen LogP contribution >= 0.6 is 15.9 Å². The lowest BCUT2D eigenvalue weighted by Crippen LogP contribution is -2.22. The van der Waals surface area contributed by atoms with E-state index in [-0.39, 0.29) is 11.3 Å². The summed E-state index contributed by atoms with van der Waals surface area (Å²) >= 11 is 3.43. The van der Waals surface area contributed by atoms with Crippen molar-refractivity contribution in [3.63, 3.8) is 0 Å². The van der Waals surface area contributed by atoms with E-state index in [2.05, 4.69) is 15.9 Å². The first-order valence-electron chi connectivity index (χ1n) is 8.89. The molecule has 0 aliphatic heterocycles. The molecule has 0 aliphatic carbocycles. The average molecular weight is 449 g/mol. The van der Waals surface area contributed by atoms with Gasteiger partial charge in [-0.15, -0.1) is 0 Å². The van der Waals surface area contributed by atoms with E-state index in [9.17, 15) is 9.90 Å². The van der Waals surface area contributed by atoms with Gasteiger partial charge in [0.1, 0.15) is 5.82 Å². The third-order valence-electron chi connectivity index (χ3n) is 4.52. The predicted octanol–water partition coefficient (Wildman–Crippen LogP) is 5.03. The predicted molar refractivity (Wildman–Crippen MR) is 119 cm³/mol. The first kappa shape index (κ1) is 19.0. The minimum atomic E-state index is -0.138. The molecule has 0 saturated carbocycles. The lowest BCUT2D eigenvalue weighted by Gasteiger charge is -2.11. The van der Waals surface area contributed by atoms with Crippen molar-refractivity contribution >= 4 is 39.0 Å². The number of benzene rings is 3. The second-order valence-electron chi connectivity index (χ2n) is 6.37. The Morgan fingerprint density at radius 2 is 1.79 bits per heavy atom. The Kier molecular flexibility index (Phi) is 5.18. The highest BCUT2D eigenvalue weighted by atomic mass is 79.9. The zero-order valence-corrected chi connectivity index (χ0v) is 17.1. The number of halogens is 1. The molecule has 0 bridgehead atoms. The van der Waals surface area contributed by atoms with Crippen molar-refractivity contribution in [2.45, 2.75) is 0 Å². The average Bonchev–Trinajstić information content (AvgIpc) is 2.74. The van der Waals surface area contributed by atoms with E-state index in [1.807, 2.05) is 48.5 Å². The quantitative estimate of drug-likeness (QED) is 0.475. The van der Waals surface area contributed by atoms with Gasteiger partial charge in [0.05, 0.1) is 23.7 Å². The number of aromatic hydroxyl groups is 1. The summed E-state index contributed by atoms with van der Waals surface area (Å²) in [5, 5.41) is 10.3. The Balaban J connectivity index is 1.89. The first-order chi connectivity index (χ1) is 14.1. The third kappa shape index (κ3) is 3.79. The summed E-state index contributed by atoms with van der Waals surface area (Å²) in [4.78, 5) is 17.9. The summed E-state index contributed by atoms with van der Waals surface area (Å²) in [6.45, 7) is 0. The van der Waals surface area contributed by atoms with Crippen LogP contribution in [0.4, 0.5) is 0 Å². The lowest BCUT2D eigenvalue weighted by atomic mass is 10.1. The third-order valence-corrected chi connectivity index (χ3v) is 5.04. The van der Waals surface area contributed by atoms with Crippen LogP contribution in [-0.4, -0.2) is 21.8 Å². The van der Waals surface area contributed by atoms with Crippen molar-refractivity contribution in [2.24, 2.45) is 0 Å². The Hall–Kier alpha value is -3.38. The molecular formula is C23H17BrN2O3. The number of rotatable bonds is 4. The molecule has 0 aliphatic rings. The zero-order valence-electron chi connectivity index (χ0n) is 15.5. The number of para-hydroxylation sites is 1. The number of aromatic nitrogens is 2. The van der Waals surface area contributed by atoms with E-state index in [1.54, 1.807) is 34.9 Å². The Labute approximate surface area is 175 Å². The van der Waals surface area contributed by atoms with Gasteiger partial charge in [0, 0.05) is 4.47 Å². The highest BCUT2D eigenvalue weighted by Crippen LogP contribution is 2.27. The van der Waals surface area contributed by atoms with Crippen molar-refractivity contribution in [1.29, 1.82) is 0 Å². The van der Waals surface area contributed by atoms with Crippen LogP contribution in [-0.2, 0) is 0 Å². The summed E-state index contributed by atoms with van der Waals surface area (Å²) in [6.07, 6.45) is 3.61. The molecule has 4 aromatic rings. The molecule has 0 amide bonds. The second-order valence-corrected chi connectivity index (χ2v) is 7.28. The molecule has 1 N–H and O–H groups in total. The number of nitrogens with zero attached hydrogens (tertiary/aromatic N) is 2. The van der Waals surface area contributed by atoms with Crippen molar-refractivity contribution in [3.05, 3.63) is 92.9 Å². The zero-order chi connectivity index (χ0) is 20.4. The number of phenols is 1. The SMILES string of the molecule is COc1cc(/C=C/c2nc3ccccc3c(=O)n2-c2ccc(Br)cc2)ccc1O. The topological polar surface area (TPSA) is 64.3 Å². The van der Waals surface area contributed by atoms with Crippen LogP contribution < -0.4 is 10.3 Å². The van der Waals surface area contributed by atoms with Crippen molar-refractivity contribution < 1.29 is 9.84 Å². The number of hydrogen-bond acceptors (Lipinski definition) is 4. The first-order valence-corrected chi connectivity index (χ1v) is 9.69. The summed E-state index contributed by atoms with van der Waals surface area (Å²) in [7, 11) is 1.50. The lowest BCUT2D eigenvalue weighted by molar-refractivity contribution is 0.373. The second kappa shape index (κ2) is 7.93. The van der Waals surface area contributed by atoms with E-state index in [1.165, 1.54) is 7.11 Å². The van der Waals surface area contributed by atoms with E-state index >= 15 is 0 Å². The number of phenolic OH excluding ortho intramolecular Hbond substituents is 1. The normalized spacial score (nSPS) is 11.2. The fourth-order valence-corrected chi connectivity index (χ4v) is 3.33. The van der Waals surface area contributed by atoms with Gasteiger partial charge < -0.3 is 9.84 Å². The molecule has 0 saturated heterocycles. The molecule has 0 spiro atoms. The maximum absolute atomic E-state index is 13.2. The molecular weight excluding hydrogens is 432 g/mol. The smallest absolute Gasteiger partial charge is 0.266 e. The molecule has 1 aromatic heterocycles. The maximum Gasteiger partial charge on any atom is 0.266 e. The molecule has 29 heavy (non-hydrogen) atoms. The molecule has 4 rings (SSSR count). The van der Waals surface area contributed by atoms with E-state index in [4.69, 9.17) is 9.72 Å². The molecule has 0 radical (unpaired) electrons. The minimum Gasteiger partial charge on any atom is -0.504 e. The van der Waals surface area contributed by atoms with Crippen molar-refractivity contribution in [3.8, 4) is 17.2 Å². The van der Waals surface area contributed by atoms with Crippen LogP contribution in [0.1, 0.15) is 11.4 Å². The van der Waals surface area contributed by atoms with Gasteiger partial charge in [-0.3, -0.25) is 9.36 Å². The highest BCUT2D eigenvalue weighted by molar-refractivity contribution is 9.10. The van der Waals surface area contributed by atoms with E-state index < -0.39 is 0 Å². The van der Waals surface area contributed by atoms with Crippen molar-refractivity contribution in [1.82, 2.24) is 9.55 Å². The van der Waals surface area contributed by atoms with Crippen LogP contribution in [0.5, 0.6) is 11.5 Å². The molecule has 144 valence electrons. The van der Waals surface area contributed by atoms with Crippen LogP contribution in [0, 0.1) is 0 Å². The number of methoxy groups -OCH3 is 1. The van der Waals surface area contributed by atoms with Crippen LogP contribution in [0.3, 0.4) is 0 Å². The fraction of sp³-hybridized carbons (Fsp3) is 0.0435. The Bertz CT molecular complexity index is 1280. The standard InChI is InChI=1S/C23H17BrN2O3/c1-29-21-14-15(6-12-20(21)27)7-13-22-25-19-5-3-2-4-18(19)23(28)26(22)17-10-8-16(24)9-11-17/h2-14,27H,1H3/b13-7+. The molecule has 0 unspecified atom stereocenters. The van der Waals surface area contributed by atoms with Gasteiger partial charge in [-0.1, -0.05) is 40.2 Å². The number of ether oxygens (including phenoxy) is 1. The van der Waals surface area contributed by atoms with Gasteiger partial charge in [-0.25, -0.2) is 4.98 Å². The minimum absolute atomic E-state index is 0.0697. The molecule has 5 nitrogen and oxygen atoms in total. The molecule has 1 heterocycles. The molecule has 6 heteroatoms. The number of fused-ring (bicyclic) bond motifs is 1. The van der Waals surface area contributed by atoms with Crippen LogP contribution in [0.2, 0.25) is 0 Å². The molecule has 0 atom stereocenters. The van der Waals surface area contributed by atoms with Gasteiger partial charge >= 0.3 is 0 Å². The summed E-state index contributed by atoms with van der Waals surface area (Å²) in [5.41, 5.74) is 2.03. The van der Waals surface area contributed by atoms with Crippen LogP contribution in [0.25, 0.3) is 28.7 Å². The summed E-state index contributed by atoms with van der Waals surface area (Å²) in [6, 6.07) is 19.8. The largest absolute Gasteiger partial charge is 0.504 e.